The van der Waals surface area contributed by atoms with Crippen LogP contribution >= 0.6 is 11.6 Å². The second-order valence-corrected chi connectivity index (χ2v) is 8.32. The monoisotopic (exact) mass is 438 g/mol. The third kappa shape index (κ3) is 8.68. The van der Waals surface area contributed by atoms with Crippen molar-refractivity contribution >= 4 is 17.4 Å². The molecule has 3 aromatic rings. The fourth-order valence-electron chi connectivity index (χ4n) is 3.29. The molecule has 0 spiro atoms. The maximum absolute atomic E-state index is 5.96. The Morgan fingerprint density at radius 2 is 1.39 bits per heavy atom. The van der Waals surface area contributed by atoms with Gasteiger partial charge in [0.25, 0.3) is 0 Å². The molecule has 166 valence electrons. The summed E-state index contributed by atoms with van der Waals surface area (Å²) in [4.78, 5) is 8.28. The molecular formula is C26H35ClN4. The van der Waals surface area contributed by atoms with E-state index in [9.17, 15) is 0 Å². The zero-order valence-electron chi connectivity index (χ0n) is 19.1. The van der Waals surface area contributed by atoms with Crippen molar-refractivity contribution in [3.05, 3.63) is 88.3 Å². The molecule has 1 heterocycles. The van der Waals surface area contributed by atoms with Crippen LogP contribution in [-0.4, -0.2) is 9.97 Å². The van der Waals surface area contributed by atoms with Crippen LogP contribution in [0.2, 0.25) is 5.15 Å². The number of nitrogens with zero attached hydrogens (tertiary/aromatic N) is 2. The van der Waals surface area contributed by atoms with Crippen LogP contribution in [0, 0.1) is 13.8 Å². The van der Waals surface area contributed by atoms with Crippen molar-refractivity contribution in [2.75, 3.05) is 5.32 Å². The van der Waals surface area contributed by atoms with Crippen molar-refractivity contribution in [3.8, 4) is 0 Å². The molecule has 0 aliphatic carbocycles. The number of hydrogen-bond donors (Lipinski definition) is 2. The van der Waals surface area contributed by atoms with Crippen molar-refractivity contribution in [1.82, 2.24) is 9.97 Å². The van der Waals surface area contributed by atoms with E-state index in [1.165, 1.54) is 28.5 Å². The van der Waals surface area contributed by atoms with E-state index in [-0.39, 0.29) is 12.1 Å². The van der Waals surface area contributed by atoms with Gasteiger partial charge >= 0.3 is 0 Å². The molecule has 0 fully saturated rings. The standard InChI is InChI=1S/C15H18ClN3.C11H17N/c1-3-4-13(12-7-5-11(2)6-8-12)18-15-10-17-9-14(16)19-15;1-3-4-11(12)10-7-5-9(2)6-8-10/h5-10,13H,3-4H2,1-2H3,(H,18,19);5-8,11H,3-4,12H2,1-2H3. The summed E-state index contributed by atoms with van der Waals surface area (Å²) in [6.45, 7) is 8.52. The Labute approximate surface area is 192 Å². The van der Waals surface area contributed by atoms with Gasteiger partial charge in [-0.2, -0.15) is 0 Å². The van der Waals surface area contributed by atoms with Crippen LogP contribution in [0.3, 0.4) is 0 Å². The Balaban J connectivity index is 0.000000245. The Hall–Kier alpha value is -2.43. The van der Waals surface area contributed by atoms with Gasteiger partial charge in [0.05, 0.1) is 18.4 Å². The maximum Gasteiger partial charge on any atom is 0.149 e. The number of nitrogens with two attached hydrogens (primary N) is 1. The third-order valence-electron chi connectivity index (χ3n) is 5.09. The van der Waals surface area contributed by atoms with E-state index in [0.29, 0.717) is 11.0 Å². The van der Waals surface area contributed by atoms with E-state index in [0.717, 1.165) is 25.7 Å². The smallest absolute Gasteiger partial charge is 0.149 e. The van der Waals surface area contributed by atoms with Gasteiger partial charge in [-0.15, -0.1) is 0 Å². The molecule has 2 atom stereocenters. The van der Waals surface area contributed by atoms with Crippen LogP contribution in [-0.2, 0) is 0 Å². The predicted octanol–water partition coefficient (Wildman–Crippen LogP) is 7.19. The van der Waals surface area contributed by atoms with Crippen LogP contribution in [0.25, 0.3) is 0 Å². The van der Waals surface area contributed by atoms with E-state index < -0.39 is 0 Å². The Bertz CT molecular complexity index is 894. The molecule has 0 aliphatic rings. The van der Waals surface area contributed by atoms with Crippen LogP contribution in [0.5, 0.6) is 0 Å². The number of aryl methyl sites for hydroxylation is 2. The molecule has 3 rings (SSSR count). The van der Waals surface area contributed by atoms with Crippen molar-refractivity contribution in [2.24, 2.45) is 5.73 Å². The van der Waals surface area contributed by atoms with Crippen LogP contribution in [0.1, 0.15) is 73.9 Å². The molecular weight excluding hydrogens is 404 g/mol. The van der Waals surface area contributed by atoms with Gasteiger partial charge in [-0.1, -0.05) is 97.9 Å². The summed E-state index contributed by atoms with van der Waals surface area (Å²) in [6.07, 6.45) is 7.59. The minimum atomic E-state index is 0.218. The fraction of sp³-hybridized carbons (Fsp3) is 0.385. The van der Waals surface area contributed by atoms with Gasteiger partial charge in [-0.05, 0) is 37.8 Å². The zero-order chi connectivity index (χ0) is 22.6. The summed E-state index contributed by atoms with van der Waals surface area (Å²) >= 11 is 5.86. The summed E-state index contributed by atoms with van der Waals surface area (Å²) in [5.74, 6) is 0.714. The van der Waals surface area contributed by atoms with Gasteiger partial charge in [-0.3, -0.25) is 4.98 Å². The molecule has 0 bridgehead atoms. The lowest BCUT2D eigenvalue weighted by Crippen LogP contribution is -2.11. The molecule has 1 aromatic heterocycles. The summed E-state index contributed by atoms with van der Waals surface area (Å²) in [5, 5.41) is 3.81. The molecule has 0 aliphatic heterocycles. The molecule has 0 saturated carbocycles. The van der Waals surface area contributed by atoms with Gasteiger partial charge in [0.15, 0.2) is 0 Å². The lowest BCUT2D eigenvalue weighted by Gasteiger charge is -2.19. The van der Waals surface area contributed by atoms with Gasteiger partial charge in [0.2, 0.25) is 0 Å². The quantitative estimate of drug-likeness (QED) is 0.390. The first kappa shape index (κ1) is 24.8. The van der Waals surface area contributed by atoms with Crippen LogP contribution in [0.4, 0.5) is 5.82 Å². The highest BCUT2D eigenvalue weighted by molar-refractivity contribution is 6.29. The molecule has 0 radical (unpaired) electrons. The number of aromatic nitrogens is 2. The highest BCUT2D eigenvalue weighted by atomic mass is 35.5. The molecule has 2 aromatic carbocycles. The number of hydrogen-bond acceptors (Lipinski definition) is 4. The third-order valence-corrected chi connectivity index (χ3v) is 5.27. The normalized spacial score (nSPS) is 12.5. The van der Waals surface area contributed by atoms with Crippen molar-refractivity contribution in [2.45, 2.75) is 65.5 Å². The Morgan fingerprint density at radius 1 is 0.839 bits per heavy atom. The zero-order valence-corrected chi connectivity index (χ0v) is 19.9. The molecule has 3 N–H and O–H groups in total. The maximum atomic E-state index is 5.96. The SMILES string of the molecule is CCCC(N)c1ccc(C)cc1.CCCC(Nc1cncc(Cl)n1)c1ccc(C)cc1. The Kier molecular flexibility index (Phi) is 10.5. The number of anilines is 1. The van der Waals surface area contributed by atoms with Gasteiger partial charge in [0, 0.05) is 6.04 Å². The second kappa shape index (κ2) is 13.1. The molecule has 31 heavy (non-hydrogen) atoms. The average Bonchev–Trinajstić information content (AvgIpc) is 2.75. The highest BCUT2D eigenvalue weighted by Gasteiger charge is 2.11. The van der Waals surface area contributed by atoms with Crippen molar-refractivity contribution < 1.29 is 0 Å². The number of rotatable bonds is 8. The van der Waals surface area contributed by atoms with E-state index >= 15 is 0 Å². The van der Waals surface area contributed by atoms with Crippen molar-refractivity contribution in [3.63, 3.8) is 0 Å². The average molecular weight is 439 g/mol. The predicted molar refractivity (Wildman–Crippen MR) is 133 cm³/mol. The summed E-state index contributed by atoms with van der Waals surface area (Å²) in [5.41, 5.74) is 11.0. The molecule has 0 amide bonds. The lowest BCUT2D eigenvalue weighted by molar-refractivity contribution is 0.638. The highest BCUT2D eigenvalue weighted by Crippen LogP contribution is 2.23. The first-order valence-electron chi connectivity index (χ1n) is 11.1. The first-order valence-corrected chi connectivity index (χ1v) is 11.4. The number of halogens is 1. The molecule has 2 unspecified atom stereocenters. The van der Waals surface area contributed by atoms with E-state index in [4.69, 9.17) is 17.3 Å². The topological polar surface area (TPSA) is 63.8 Å². The van der Waals surface area contributed by atoms with E-state index in [1.807, 2.05) is 0 Å². The summed E-state index contributed by atoms with van der Waals surface area (Å²) in [7, 11) is 0. The number of nitrogens with one attached hydrogen (secondary N) is 1. The van der Waals surface area contributed by atoms with E-state index in [1.54, 1.807) is 6.20 Å². The van der Waals surface area contributed by atoms with Crippen LogP contribution < -0.4 is 11.1 Å². The minimum absolute atomic E-state index is 0.218. The number of benzene rings is 2. The summed E-state index contributed by atoms with van der Waals surface area (Å²) < 4.78 is 0. The molecule has 0 saturated heterocycles. The summed E-state index contributed by atoms with van der Waals surface area (Å²) in [6, 6.07) is 17.5. The van der Waals surface area contributed by atoms with E-state index in [2.05, 4.69) is 91.5 Å². The van der Waals surface area contributed by atoms with Crippen LogP contribution in [0.15, 0.2) is 60.9 Å². The molecule has 4 nitrogen and oxygen atoms in total. The largest absolute Gasteiger partial charge is 0.362 e. The van der Waals surface area contributed by atoms with Gasteiger partial charge in [-0.25, -0.2) is 4.98 Å². The van der Waals surface area contributed by atoms with Gasteiger partial charge in [0.1, 0.15) is 11.0 Å². The van der Waals surface area contributed by atoms with Crippen molar-refractivity contribution in [1.29, 1.82) is 0 Å². The second-order valence-electron chi connectivity index (χ2n) is 7.93. The lowest BCUT2D eigenvalue weighted by atomic mass is 10.0. The Morgan fingerprint density at radius 3 is 1.90 bits per heavy atom. The minimum Gasteiger partial charge on any atom is -0.362 e. The fourth-order valence-corrected chi connectivity index (χ4v) is 3.44. The van der Waals surface area contributed by atoms with Gasteiger partial charge < -0.3 is 11.1 Å². The molecule has 5 heteroatoms. The first-order chi connectivity index (χ1) is 14.9.